The molecule has 0 radical (unpaired) electrons. The van der Waals surface area contributed by atoms with Crippen LogP contribution in [0, 0.1) is 0 Å². The van der Waals surface area contributed by atoms with E-state index < -0.39 is 11.7 Å². The predicted molar refractivity (Wildman–Crippen MR) is 94.0 cm³/mol. The molecule has 1 saturated heterocycles. The van der Waals surface area contributed by atoms with Gasteiger partial charge >= 0.3 is 6.18 Å². The third-order valence-corrected chi connectivity index (χ3v) is 5.43. The van der Waals surface area contributed by atoms with Crippen molar-refractivity contribution in [1.29, 1.82) is 0 Å². The number of alkyl halides is 3. The van der Waals surface area contributed by atoms with Crippen LogP contribution in [0.15, 0.2) is 48.5 Å². The van der Waals surface area contributed by atoms with Crippen LogP contribution in [-0.4, -0.2) is 24.6 Å². The predicted octanol–water partition coefficient (Wildman–Crippen LogP) is 4.47. The van der Waals surface area contributed by atoms with Gasteiger partial charge in [-0.05, 0) is 23.8 Å². The second-order valence-electron chi connectivity index (χ2n) is 6.04. The van der Waals surface area contributed by atoms with E-state index in [9.17, 15) is 13.2 Å². The van der Waals surface area contributed by atoms with Crippen LogP contribution in [-0.2, 0) is 6.18 Å². The highest BCUT2D eigenvalue weighted by Crippen LogP contribution is 2.36. The monoisotopic (exact) mass is 363 g/mol. The summed E-state index contributed by atoms with van der Waals surface area (Å²) < 4.78 is 39.2. The maximum absolute atomic E-state index is 12.9. The molecule has 1 atom stereocenters. The van der Waals surface area contributed by atoms with E-state index in [0.29, 0.717) is 10.2 Å². The summed E-state index contributed by atoms with van der Waals surface area (Å²) >= 11 is 1.32. The summed E-state index contributed by atoms with van der Waals surface area (Å²) in [5, 5.41) is 4.26. The number of hydrogen-bond donors (Lipinski definition) is 1. The van der Waals surface area contributed by atoms with Crippen LogP contribution in [0.3, 0.4) is 0 Å². The molecule has 25 heavy (non-hydrogen) atoms. The second-order valence-corrected chi connectivity index (χ2v) is 7.05. The first-order valence-electron chi connectivity index (χ1n) is 8.02. The van der Waals surface area contributed by atoms with Gasteiger partial charge in [0.25, 0.3) is 0 Å². The Labute approximate surface area is 147 Å². The van der Waals surface area contributed by atoms with Gasteiger partial charge in [0.05, 0.1) is 15.8 Å². The lowest BCUT2D eigenvalue weighted by molar-refractivity contribution is -0.137. The smallest absolute Gasteiger partial charge is 0.345 e. The van der Waals surface area contributed by atoms with Crippen molar-refractivity contribution in [2.24, 2.45) is 0 Å². The Bertz CT molecular complexity index is 876. The van der Waals surface area contributed by atoms with E-state index in [4.69, 9.17) is 0 Å². The molecule has 0 spiro atoms. The van der Waals surface area contributed by atoms with Crippen LogP contribution in [0.25, 0.3) is 10.2 Å². The van der Waals surface area contributed by atoms with Gasteiger partial charge in [-0.3, -0.25) is 0 Å². The van der Waals surface area contributed by atoms with Crippen molar-refractivity contribution in [2.75, 3.05) is 24.5 Å². The number of piperazine rings is 1. The van der Waals surface area contributed by atoms with Crippen molar-refractivity contribution in [3.05, 3.63) is 59.7 Å². The van der Waals surface area contributed by atoms with Crippen LogP contribution >= 0.6 is 11.3 Å². The third kappa shape index (κ3) is 3.34. The van der Waals surface area contributed by atoms with Crippen LogP contribution in [0.5, 0.6) is 0 Å². The molecule has 1 aromatic heterocycles. The quantitative estimate of drug-likeness (QED) is 0.728. The Balaban J connectivity index is 1.60. The molecule has 1 fully saturated rings. The molecule has 7 heteroatoms. The number of halogens is 3. The summed E-state index contributed by atoms with van der Waals surface area (Å²) in [5.74, 6) is 0. The van der Waals surface area contributed by atoms with Crippen molar-refractivity contribution in [3.8, 4) is 0 Å². The van der Waals surface area contributed by atoms with Gasteiger partial charge in [0, 0.05) is 25.7 Å². The molecule has 1 unspecified atom stereocenters. The summed E-state index contributed by atoms with van der Waals surface area (Å²) in [7, 11) is 0. The minimum Gasteiger partial charge on any atom is -0.345 e. The molecule has 1 aliphatic heterocycles. The summed E-state index contributed by atoms with van der Waals surface area (Å²) in [6.07, 6.45) is -4.33. The van der Waals surface area contributed by atoms with Gasteiger partial charge in [0.15, 0.2) is 5.13 Å². The van der Waals surface area contributed by atoms with Crippen LogP contribution in [0.4, 0.5) is 18.3 Å². The minimum absolute atomic E-state index is 0.188. The average molecular weight is 363 g/mol. The molecule has 1 N–H and O–H groups in total. The minimum atomic E-state index is -4.33. The van der Waals surface area contributed by atoms with Gasteiger partial charge in [-0.1, -0.05) is 41.7 Å². The van der Waals surface area contributed by atoms with E-state index in [1.165, 1.54) is 29.0 Å². The molecule has 0 saturated carbocycles. The van der Waals surface area contributed by atoms with E-state index in [-0.39, 0.29) is 6.04 Å². The second kappa shape index (κ2) is 6.31. The fourth-order valence-corrected chi connectivity index (χ4v) is 4.10. The first kappa shape index (κ1) is 16.4. The number of aromatic nitrogens is 1. The number of thiazole rings is 1. The zero-order chi connectivity index (χ0) is 17.4. The van der Waals surface area contributed by atoms with Gasteiger partial charge in [0.1, 0.15) is 0 Å². The topological polar surface area (TPSA) is 28.2 Å². The van der Waals surface area contributed by atoms with Crippen molar-refractivity contribution in [2.45, 2.75) is 12.2 Å². The lowest BCUT2D eigenvalue weighted by atomic mass is 10.1. The fourth-order valence-electron chi connectivity index (χ4n) is 3.06. The molecule has 2 heterocycles. The molecule has 0 bridgehead atoms. The Morgan fingerprint density at radius 1 is 1.12 bits per heavy atom. The number of fused-ring (bicyclic) bond motifs is 1. The Hall–Kier alpha value is -2.12. The maximum Gasteiger partial charge on any atom is 0.416 e. The van der Waals surface area contributed by atoms with Crippen molar-refractivity contribution < 1.29 is 13.2 Å². The van der Waals surface area contributed by atoms with E-state index in [1.54, 1.807) is 0 Å². The lowest BCUT2D eigenvalue weighted by Crippen LogP contribution is -2.45. The van der Waals surface area contributed by atoms with E-state index in [2.05, 4.69) is 27.3 Å². The number of benzene rings is 2. The molecular formula is C18H16F3N3S. The Kier molecular flexibility index (Phi) is 4.13. The molecule has 2 aromatic carbocycles. The number of anilines is 1. The summed E-state index contributed by atoms with van der Waals surface area (Å²) in [6, 6.07) is 14.1. The van der Waals surface area contributed by atoms with E-state index in [1.807, 2.05) is 18.2 Å². The largest absolute Gasteiger partial charge is 0.416 e. The Morgan fingerprint density at radius 3 is 2.68 bits per heavy atom. The molecule has 130 valence electrons. The summed E-state index contributed by atoms with van der Waals surface area (Å²) in [5.41, 5.74) is 1.19. The van der Waals surface area contributed by atoms with E-state index >= 15 is 0 Å². The SMILES string of the molecule is FC(F)(F)c1ccc2nc(N3CCNC(c4ccccc4)C3)sc2c1. The molecule has 4 rings (SSSR count). The van der Waals surface area contributed by atoms with E-state index in [0.717, 1.165) is 30.8 Å². The van der Waals surface area contributed by atoms with Crippen LogP contribution < -0.4 is 10.2 Å². The third-order valence-electron chi connectivity index (χ3n) is 4.35. The molecule has 0 aliphatic carbocycles. The lowest BCUT2D eigenvalue weighted by Gasteiger charge is -2.33. The van der Waals surface area contributed by atoms with Gasteiger partial charge in [-0.25, -0.2) is 4.98 Å². The van der Waals surface area contributed by atoms with Gasteiger partial charge in [-0.15, -0.1) is 0 Å². The molecule has 1 aliphatic rings. The number of nitrogens with one attached hydrogen (secondary N) is 1. The summed E-state index contributed by atoms with van der Waals surface area (Å²) in [6.45, 7) is 2.34. The molecule has 3 aromatic rings. The molecule has 0 amide bonds. The first-order valence-corrected chi connectivity index (χ1v) is 8.83. The zero-order valence-electron chi connectivity index (χ0n) is 13.3. The summed E-state index contributed by atoms with van der Waals surface area (Å²) in [4.78, 5) is 6.68. The highest BCUT2D eigenvalue weighted by molar-refractivity contribution is 7.22. The van der Waals surface area contributed by atoms with Crippen LogP contribution in [0.1, 0.15) is 17.2 Å². The van der Waals surface area contributed by atoms with Crippen molar-refractivity contribution >= 4 is 26.7 Å². The van der Waals surface area contributed by atoms with Crippen molar-refractivity contribution in [3.63, 3.8) is 0 Å². The van der Waals surface area contributed by atoms with Gasteiger partial charge < -0.3 is 10.2 Å². The number of rotatable bonds is 2. The molecule has 3 nitrogen and oxygen atoms in total. The average Bonchev–Trinajstić information content (AvgIpc) is 3.05. The normalized spacial score (nSPS) is 18.7. The Morgan fingerprint density at radius 2 is 1.92 bits per heavy atom. The number of hydrogen-bond acceptors (Lipinski definition) is 4. The van der Waals surface area contributed by atoms with Gasteiger partial charge in [0.2, 0.25) is 0 Å². The molecular weight excluding hydrogens is 347 g/mol. The zero-order valence-corrected chi connectivity index (χ0v) is 14.1. The highest BCUT2D eigenvalue weighted by Gasteiger charge is 2.31. The first-order chi connectivity index (χ1) is 12.0. The van der Waals surface area contributed by atoms with Crippen LogP contribution in [0.2, 0.25) is 0 Å². The fraction of sp³-hybridized carbons (Fsp3) is 0.278. The number of nitrogens with zero attached hydrogens (tertiary/aromatic N) is 2. The highest BCUT2D eigenvalue weighted by atomic mass is 32.1. The maximum atomic E-state index is 12.9. The van der Waals surface area contributed by atoms with Gasteiger partial charge in [-0.2, -0.15) is 13.2 Å². The standard InChI is InChI=1S/C18H16F3N3S/c19-18(20,21)13-6-7-14-16(10-13)25-17(23-14)24-9-8-22-15(11-24)12-4-2-1-3-5-12/h1-7,10,15,22H,8-9,11H2. The van der Waals surface area contributed by atoms with Crippen molar-refractivity contribution in [1.82, 2.24) is 10.3 Å².